The summed E-state index contributed by atoms with van der Waals surface area (Å²) in [6.45, 7) is 8.52. The quantitative estimate of drug-likeness (QED) is 0.493. The highest BCUT2D eigenvalue weighted by Crippen LogP contribution is 2.27. The minimum absolute atomic E-state index is 0.764. The number of hydrogen-bond donors (Lipinski definition) is 1. The molecule has 0 amide bonds. The summed E-state index contributed by atoms with van der Waals surface area (Å²) in [5.41, 5.74) is 0. The molecule has 1 aliphatic carbocycles. The molecule has 0 bridgehead atoms. The van der Waals surface area contributed by atoms with E-state index in [4.69, 9.17) is 4.74 Å². The lowest BCUT2D eigenvalue weighted by Crippen LogP contribution is -2.33. The molecule has 0 atom stereocenters. The molecule has 1 aliphatic rings. The fraction of sp³-hybridized carbons (Fsp3) is 1.00. The fourth-order valence-corrected chi connectivity index (χ4v) is 1.81. The molecule has 1 rings (SSSR count). The van der Waals surface area contributed by atoms with Crippen LogP contribution in [0, 0.1) is 5.92 Å². The van der Waals surface area contributed by atoms with E-state index < -0.39 is 0 Å². The van der Waals surface area contributed by atoms with E-state index in [0.717, 1.165) is 37.5 Å². The van der Waals surface area contributed by atoms with Crippen LogP contribution in [0.3, 0.4) is 0 Å². The average molecular weight is 217 g/mol. The predicted molar refractivity (Wildman–Crippen MR) is 64.1 cm³/mol. The van der Waals surface area contributed by atoms with Gasteiger partial charge in [0.2, 0.25) is 0 Å². The Morgan fingerprint density at radius 1 is 1.36 bits per heavy atom. The third-order valence-corrected chi connectivity index (χ3v) is 2.60. The van der Waals surface area contributed by atoms with Crippen LogP contribution in [0.25, 0.3) is 0 Å². The molecule has 0 aromatic rings. The van der Waals surface area contributed by atoms with Gasteiger partial charge >= 0.3 is 0 Å². The lowest BCUT2D eigenvalue weighted by molar-refractivity contribution is 0.107. The van der Waals surface area contributed by atoms with Gasteiger partial charge in [0.1, 0.15) is 0 Å². The highest BCUT2D eigenvalue weighted by atomic mass is 32.1. The van der Waals surface area contributed by atoms with Crippen molar-refractivity contribution in [3.05, 3.63) is 0 Å². The fourth-order valence-electron chi connectivity index (χ4n) is 1.68. The molecular weight excluding hydrogens is 194 g/mol. The van der Waals surface area contributed by atoms with Gasteiger partial charge in [0.25, 0.3) is 0 Å². The zero-order valence-electron chi connectivity index (χ0n) is 9.41. The van der Waals surface area contributed by atoms with Crippen molar-refractivity contribution in [2.75, 3.05) is 32.1 Å². The van der Waals surface area contributed by atoms with Crippen LogP contribution in [-0.4, -0.2) is 43.0 Å². The van der Waals surface area contributed by atoms with Crippen LogP contribution in [0.15, 0.2) is 0 Å². The first-order chi connectivity index (χ1) is 6.74. The summed E-state index contributed by atoms with van der Waals surface area (Å²) < 4.78 is 5.45. The molecule has 0 unspecified atom stereocenters. The molecule has 0 aliphatic heterocycles. The van der Waals surface area contributed by atoms with Crippen molar-refractivity contribution in [1.82, 2.24) is 4.90 Å². The highest BCUT2D eigenvalue weighted by molar-refractivity contribution is 7.80. The topological polar surface area (TPSA) is 12.5 Å². The van der Waals surface area contributed by atoms with E-state index in [1.807, 2.05) is 0 Å². The van der Waals surface area contributed by atoms with E-state index in [0.29, 0.717) is 0 Å². The van der Waals surface area contributed by atoms with Crippen molar-refractivity contribution in [1.29, 1.82) is 0 Å². The predicted octanol–water partition coefficient (Wildman–Crippen LogP) is 2.05. The van der Waals surface area contributed by atoms with E-state index >= 15 is 0 Å². The standard InChI is InChI=1S/C11H23NOS/c1-10(2)9-12(11-3-4-11)5-6-13-7-8-14/h10-11,14H,3-9H2,1-2H3. The molecular formula is C11H23NOS. The van der Waals surface area contributed by atoms with Crippen LogP contribution >= 0.6 is 12.6 Å². The molecule has 0 heterocycles. The van der Waals surface area contributed by atoms with Crippen molar-refractivity contribution in [3.8, 4) is 0 Å². The molecule has 0 saturated heterocycles. The van der Waals surface area contributed by atoms with Crippen LogP contribution in [0.5, 0.6) is 0 Å². The first kappa shape index (κ1) is 12.3. The smallest absolute Gasteiger partial charge is 0.0593 e. The van der Waals surface area contributed by atoms with Gasteiger partial charge in [0, 0.05) is 24.9 Å². The highest BCUT2D eigenvalue weighted by Gasteiger charge is 2.28. The second-order valence-corrected chi connectivity index (χ2v) is 4.90. The summed E-state index contributed by atoms with van der Waals surface area (Å²) in [5.74, 6) is 1.59. The van der Waals surface area contributed by atoms with Crippen LogP contribution < -0.4 is 0 Å². The Hall–Kier alpha value is 0.270. The van der Waals surface area contributed by atoms with E-state index in [9.17, 15) is 0 Å². The van der Waals surface area contributed by atoms with Gasteiger partial charge in [-0.25, -0.2) is 0 Å². The second-order valence-electron chi connectivity index (χ2n) is 4.46. The second kappa shape index (κ2) is 6.70. The largest absolute Gasteiger partial charge is 0.379 e. The van der Waals surface area contributed by atoms with Gasteiger partial charge in [-0.15, -0.1) is 0 Å². The third kappa shape index (κ3) is 5.23. The number of rotatable bonds is 8. The maximum Gasteiger partial charge on any atom is 0.0593 e. The third-order valence-electron chi connectivity index (χ3n) is 2.42. The Balaban J connectivity index is 2.09. The summed E-state index contributed by atoms with van der Waals surface area (Å²) in [4.78, 5) is 2.57. The molecule has 3 heteroatoms. The summed E-state index contributed by atoms with van der Waals surface area (Å²) in [6.07, 6.45) is 2.78. The Kier molecular flexibility index (Phi) is 5.90. The van der Waals surface area contributed by atoms with Gasteiger partial charge in [-0.05, 0) is 18.8 Å². The molecule has 0 aromatic carbocycles. The molecule has 14 heavy (non-hydrogen) atoms. The van der Waals surface area contributed by atoms with Gasteiger partial charge in [-0.3, -0.25) is 4.90 Å². The Bertz CT molecular complexity index is 148. The van der Waals surface area contributed by atoms with E-state index in [2.05, 4.69) is 31.4 Å². The van der Waals surface area contributed by atoms with E-state index in [1.54, 1.807) is 0 Å². The molecule has 1 fully saturated rings. The number of hydrogen-bond acceptors (Lipinski definition) is 3. The van der Waals surface area contributed by atoms with Crippen LogP contribution in [-0.2, 0) is 4.74 Å². The first-order valence-electron chi connectivity index (χ1n) is 5.66. The molecule has 0 aromatic heterocycles. The first-order valence-corrected chi connectivity index (χ1v) is 6.30. The van der Waals surface area contributed by atoms with Crippen molar-refractivity contribution in [2.24, 2.45) is 5.92 Å². The van der Waals surface area contributed by atoms with Crippen molar-refractivity contribution in [2.45, 2.75) is 32.7 Å². The van der Waals surface area contributed by atoms with Gasteiger partial charge in [-0.1, -0.05) is 13.8 Å². The SMILES string of the molecule is CC(C)CN(CCOCCS)C1CC1. The van der Waals surface area contributed by atoms with Gasteiger partial charge in [0.05, 0.1) is 13.2 Å². The lowest BCUT2D eigenvalue weighted by atomic mass is 10.2. The average Bonchev–Trinajstić information content (AvgIpc) is 2.92. The molecule has 84 valence electrons. The molecule has 0 spiro atoms. The minimum atomic E-state index is 0.764. The van der Waals surface area contributed by atoms with Crippen molar-refractivity contribution >= 4 is 12.6 Å². The molecule has 0 radical (unpaired) electrons. The molecule has 2 nitrogen and oxygen atoms in total. The lowest BCUT2D eigenvalue weighted by Gasteiger charge is -2.23. The van der Waals surface area contributed by atoms with Crippen molar-refractivity contribution in [3.63, 3.8) is 0 Å². The normalized spacial score (nSPS) is 16.9. The molecule has 0 N–H and O–H groups in total. The number of nitrogens with zero attached hydrogens (tertiary/aromatic N) is 1. The van der Waals surface area contributed by atoms with Gasteiger partial charge in [0.15, 0.2) is 0 Å². The Morgan fingerprint density at radius 2 is 2.07 bits per heavy atom. The summed E-state index contributed by atoms with van der Waals surface area (Å²) in [5, 5.41) is 0. The monoisotopic (exact) mass is 217 g/mol. The Labute approximate surface area is 93.4 Å². The van der Waals surface area contributed by atoms with Gasteiger partial charge < -0.3 is 4.74 Å². The van der Waals surface area contributed by atoms with Gasteiger partial charge in [-0.2, -0.15) is 12.6 Å². The zero-order valence-corrected chi connectivity index (χ0v) is 10.3. The molecule has 1 saturated carbocycles. The van der Waals surface area contributed by atoms with Crippen molar-refractivity contribution < 1.29 is 4.74 Å². The number of thiol groups is 1. The maximum absolute atomic E-state index is 5.45. The van der Waals surface area contributed by atoms with E-state index in [-0.39, 0.29) is 0 Å². The van der Waals surface area contributed by atoms with Crippen LogP contribution in [0.4, 0.5) is 0 Å². The Morgan fingerprint density at radius 3 is 2.57 bits per heavy atom. The summed E-state index contributed by atoms with van der Waals surface area (Å²) in [7, 11) is 0. The van der Waals surface area contributed by atoms with Crippen LogP contribution in [0.1, 0.15) is 26.7 Å². The number of ether oxygens (including phenoxy) is 1. The van der Waals surface area contributed by atoms with E-state index in [1.165, 1.54) is 19.4 Å². The summed E-state index contributed by atoms with van der Waals surface area (Å²) >= 11 is 4.12. The van der Waals surface area contributed by atoms with Crippen LogP contribution in [0.2, 0.25) is 0 Å². The zero-order chi connectivity index (χ0) is 10.4. The maximum atomic E-state index is 5.45. The minimum Gasteiger partial charge on any atom is -0.379 e. The summed E-state index contributed by atoms with van der Waals surface area (Å²) in [6, 6.07) is 0.858.